The zero-order chi connectivity index (χ0) is 19.8. The molecule has 0 bridgehead atoms. The molecule has 2 aromatic carbocycles. The van der Waals surface area contributed by atoms with Gasteiger partial charge in [0.25, 0.3) is 5.91 Å². The second-order valence-electron chi connectivity index (χ2n) is 6.82. The predicted molar refractivity (Wildman–Crippen MR) is 101 cm³/mol. The van der Waals surface area contributed by atoms with Crippen LogP contribution in [0.15, 0.2) is 48.5 Å². The summed E-state index contributed by atoms with van der Waals surface area (Å²) in [5, 5.41) is 2.74. The van der Waals surface area contributed by atoms with Gasteiger partial charge >= 0.3 is 6.03 Å². The van der Waals surface area contributed by atoms with Gasteiger partial charge in [0.15, 0.2) is 5.78 Å². The largest absolute Gasteiger partial charge is 0.496 e. The molecule has 1 saturated heterocycles. The van der Waals surface area contributed by atoms with Crippen molar-refractivity contribution in [1.29, 1.82) is 0 Å². The second-order valence-corrected chi connectivity index (χ2v) is 6.82. The summed E-state index contributed by atoms with van der Waals surface area (Å²) < 4.78 is 5.26. The number of nitrogens with one attached hydrogen (secondary N) is 1. The third-order valence-corrected chi connectivity index (χ3v) is 5.02. The summed E-state index contributed by atoms with van der Waals surface area (Å²) in [5.41, 5.74) is 0.713. The van der Waals surface area contributed by atoms with Crippen LogP contribution in [-0.2, 0) is 10.3 Å². The monoisotopic (exact) mass is 366 g/mol. The van der Waals surface area contributed by atoms with Crippen molar-refractivity contribution >= 4 is 17.7 Å². The number of ketones is 1. The van der Waals surface area contributed by atoms with Crippen LogP contribution < -0.4 is 10.1 Å². The molecule has 1 fully saturated rings. The number of hydrogen-bond donors (Lipinski definition) is 1. The van der Waals surface area contributed by atoms with Crippen molar-refractivity contribution < 1.29 is 19.1 Å². The highest BCUT2D eigenvalue weighted by atomic mass is 16.5. The maximum absolute atomic E-state index is 13.1. The fourth-order valence-electron chi connectivity index (χ4n) is 3.36. The van der Waals surface area contributed by atoms with Crippen LogP contribution in [0, 0.1) is 6.92 Å². The first-order valence-electron chi connectivity index (χ1n) is 8.69. The number of carbonyl (C=O) groups is 3. The van der Waals surface area contributed by atoms with Gasteiger partial charge in [0, 0.05) is 5.56 Å². The number of hydrogen-bond acceptors (Lipinski definition) is 4. The summed E-state index contributed by atoms with van der Waals surface area (Å²) in [6.07, 6.45) is 0. The van der Waals surface area contributed by atoms with Gasteiger partial charge in [0.05, 0.1) is 7.11 Å². The second kappa shape index (κ2) is 6.87. The molecular weight excluding hydrogens is 344 g/mol. The molecule has 3 rings (SSSR count). The molecule has 1 aliphatic rings. The van der Waals surface area contributed by atoms with Crippen molar-refractivity contribution in [2.45, 2.75) is 32.4 Å². The van der Waals surface area contributed by atoms with Gasteiger partial charge in [0.2, 0.25) is 0 Å². The van der Waals surface area contributed by atoms with Gasteiger partial charge in [-0.25, -0.2) is 4.79 Å². The van der Waals surface area contributed by atoms with Crippen LogP contribution in [0.3, 0.4) is 0 Å². The Balaban J connectivity index is 1.92. The van der Waals surface area contributed by atoms with E-state index < -0.39 is 23.5 Å². The number of carbonyl (C=O) groups excluding carboxylic acids is 3. The summed E-state index contributed by atoms with van der Waals surface area (Å²) in [4.78, 5) is 39.4. The zero-order valence-corrected chi connectivity index (χ0v) is 15.8. The molecule has 0 radical (unpaired) electrons. The van der Waals surface area contributed by atoms with E-state index in [0.29, 0.717) is 16.9 Å². The Morgan fingerprint density at radius 1 is 1.15 bits per heavy atom. The number of benzene rings is 2. The van der Waals surface area contributed by atoms with Crippen LogP contribution in [0.25, 0.3) is 0 Å². The molecule has 2 aromatic rings. The number of amides is 3. The van der Waals surface area contributed by atoms with Gasteiger partial charge in [-0.3, -0.25) is 14.5 Å². The standard InChI is InChI=1S/C21H22N2O4/c1-13-12-16(10-11-17(13)27-4)21(3)19(25)23(20(26)22-21)14(2)18(24)15-8-6-5-7-9-15/h5-12,14H,1-4H3,(H,22,26). The van der Waals surface area contributed by atoms with Crippen molar-refractivity contribution in [2.24, 2.45) is 0 Å². The first kappa shape index (κ1) is 18.6. The van der Waals surface area contributed by atoms with Crippen molar-refractivity contribution in [3.8, 4) is 5.75 Å². The fourth-order valence-corrected chi connectivity index (χ4v) is 3.36. The van der Waals surface area contributed by atoms with Crippen LogP contribution in [0.4, 0.5) is 4.79 Å². The van der Waals surface area contributed by atoms with E-state index in [9.17, 15) is 14.4 Å². The number of urea groups is 1. The first-order chi connectivity index (χ1) is 12.8. The maximum Gasteiger partial charge on any atom is 0.325 e. The molecule has 6 heteroatoms. The number of imide groups is 1. The van der Waals surface area contributed by atoms with E-state index >= 15 is 0 Å². The Kier molecular flexibility index (Phi) is 4.74. The molecule has 2 unspecified atom stereocenters. The van der Waals surface area contributed by atoms with E-state index in [2.05, 4.69) is 5.32 Å². The molecule has 27 heavy (non-hydrogen) atoms. The molecular formula is C21H22N2O4. The highest BCUT2D eigenvalue weighted by molar-refractivity contribution is 6.12. The maximum atomic E-state index is 13.1. The average Bonchev–Trinajstić information content (AvgIpc) is 2.90. The number of Topliss-reactive ketones (excluding diaryl/α,β-unsaturated/α-hetero) is 1. The molecule has 3 amide bonds. The zero-order valence-electron chi connectivity index (χ0n) is 15.8. The molecule has 0 aromatic heterocycles. The average molecular weight is 366 g/mol. The number of aryl methyl sites for hydroxylation is 1. The lowest BCUT2D eigenvalue weighted by Crippen LogP contribution is -2.45. The number of rotatable bonds is 5. The topological polar surface area (TPSA) is 75.7 Å². The van der Waals surface area contributed by atoms with Gasteiger partial charge in [0.1, 0.15) is 17.3 Å². The molecule has 0 spiro atoms. The highest BCUT2D eigenvalue weighted by Crippen LogP contribution is 2.33. The minimum atomic E-state index is -1.24. The third-order valence-electron chi connectivity index (χ3n) is 5.02. The van der Waals surface area contributed by atoms with E-state index in [0.717, 1.165) is 10.5 Å². The molecule has 140 valence electrons. The molecule has 0 saturated carbocycles. The Bertz CT molecular complexity index is 910. The summed E-state index contributed by atoms with van der Waals surface area (Å²) in [7, 11) is 1.57. The van der Waals surface area contributed by atoms with E-state index in [4.69, 9.17) is 4.74 Å². The van der Waals surface area contributed by atoms with E-state index in [1.807, 2.05) is 13.0 Å². The third kappa shape index (κ3) is 3.07. The number of methoxy groups -OCH3 is 1. The van der Waals surface area contributed by atoms with Gasteiger partial charge in [-0.1, -0.05) is 36.4 Å². The van der Waals surface area contributed by atoms with Crippen LogP contribution in [-0.4, -0.2) is 35.8 Å². The smallest absolute Gasteiger partial charge is 0.325 e. The van der Waals surface area contributed by atoms with E-state index in [1.54, 1.807) is 63.4 Å². The Hall–Kier alpha value is -3.15. The van der Waals surface area contributed by atoms with Crippen LogP contribution in [0.2, 0.25) is 0 Å². The minimum Gasteiger partial charge on any atom is -0.496 e. The Labute approximate surface area is 158 Å². The van der Waals surface area contributed by atoms with Crippen LogP contribution in [0.1, 0.15) is 35.3 Å². The molecule has 1 N–H and O–H groups in total. The van der Waals surface area contributed by atoms with Gasteiger partial charge in [-0.2, -0.15) is 0 Å². The van der Waals surface area contributed by atoms with E-state index in [-0.39, 0.29) is 5.78 Å². The highest BCUT2D eigenvalue weighted by Gasteiger charge is 2.51. The minimum absolute atomic E-state index is 0.283. The van der Waals surface area contributed by atoms with Gasteiger partial charge < -0.3 is 10.1 Å². The number of nitrogens with zero attached hydrogens (tertiary/aromatic N) is 1. The summed E-state index contributed by atoms with van der Waals surface area (Å²) in [5.74, 6) is -0.0355. The Morgan fingerprint density at radius 2 is 1.81 bits per heavy atom. The molecule has 2 atom stereocenters. The number of ether oxygens (including phenoxy) is 1. The van der Waals surface area contributed by atoms with Crippen LogP contribution >= 0.6 is 0 Å². The molecule has 1 aliphatic heterocycles. The van der Waals surface area contributed by atoms with Crippen molar-refractivity contribution in [3.63, 3.8) is 0 Å². The van der Waals surface area contributed by atoms with Gasteiger partial charge in [-0.05, 0) is 44.0 Å². The lowest BCUT2D eigenvalue weighted by molar-refractivity contribution is -0.131. The lowest BCUT2D eigenvalue weighted by atomic mass is 9.90. The quantitative estimate of drug-likeness (QED) is 0.652. The van der Waals surface area contributed by atoms with Crippen LogP contribution in [0.5, 0.6) is 5.75 Å². The fraction of sp³-hybridized carbons (Fsp3) is 0.286. The van der Waals surface area contributed by atoms with Gasteiger partial charge in [-0.15, -0.1) is 0 Å². The summed E-state index contributed by atoms with van der Waals surface area (Å²) >= 11 is 0. The van der Waals surface area contributed by atoms with E-state index in [1.165, 1.54) is 0 Å². The normalized spacial score (nSPS) is 20.4. The summed E-state index contributed by atoms with van der Waals surface area (Å²) in [6.45, 7) is 5.08. The SMILES string of the molecule is COc1ccc(C2(C)NC(=O)N(C(C)C(=O)c3ccccc3)C2=O)cc1C. The first-order valence-corrected chi connectivity index (χ1v) is 8.69. The lowest BCUT2D eigenvalue weighted by Gasteiger charge is -2.25. The van der Waals surface area contributed by atoms with Crippen molar-refractivity contribution in [1.82, 2.24) is 10.2 Å². The summed E-state index contributed by atoms with van der Waals surface area (Å²) in [6, 6.07) is 12.5. The predicted octanol–water partition coefficient (Wildman–Crippen LogP) is 3.04. The molecule has 6 nitrogen and oxygen atoms in total. The molecule has 1 heterocycles. The Morgan fingerprint density at radius 3 is 2.41 bits per heavy atom. The van der Waals surface area contributed by atoms with Crippen molar-refractivity contribution in [2.75, 3.05) is 7.11 Å². The van der Waals surface area contributed by atoms with Crippen molar-refractivity contribution in [3.05, 3.63) is 65.2 Å². The molecule has 0 aliphatic carbocycles.